The van der Waals surface area contributed by atoms with Crippen LogP contribution >= 0.6 is 23.4 Å². The molecular formula is C62H77ClN8O14S. The maximum absolute atomic E-state index is 14.3. The summed E-state index contributed by atoms with van der Waals surface area (Å²) in [4.78, 5) is 128. The van der Waals surface area contributed by atoms with Crippen molar-refractivity contribution in [1.29, 1.82) is 5.41 Å². The number of hydrazone groups is 1. The third-order valence-corrected chi connectivity index (χ3v) is 17.4. The molecule has 7 rings (SSSR count). The van der Waals surface area contributed by atoms with Crippen LogP contribution < -0.4 is 9.47 Å². The first-order chi connectivity index (χ1) is 40.9. The smallest absolute Gasteiger partial charge is 0.415 e. The molecule has 462 valence electrons. The number of H-pyrrole nitrogens is 1. The Morgan fingerprint density at radius 3 is 2.21 bits per heavy atom. The number of aryl methyl sites for hydroxylation is 1. The fourth-order valence-corrected chi connectivity index (χ4v) is 12.4. The van der Waals surface area contributed by atoms with E-state index in [0.29, 0.717) is 81.4 Å². The lowest BCUT2D eigenvalue weighted by Crippen LogP contribution is -2.49. The maximum Gasteiger partial charge on any atom is 0.415 e. The molecule has 2 saturated heterocycles. The minimum Gasteiger partial charge on any atom is -0.497 e. The lowest BCUT2D eigenvalue weighted by atomic mass is 9.79. The summed E-state index contributed by atoms with van der Waals surface area (Å²) in [6.07, 6.45) is 3.85. The maximum atomic E-state index is 14.3. The number of carbonyl (C=O) groups excluding carboxylic acids is 9. The molecule has 0 radical (unpaired) electrons. The van der Waals surface area contributed by atoms with Gasteiger partial charge in [-0.15, -0.1) is 23.4 Å². The Hall–Kier alpha value is -7.79. The largest absolute Gasteiger partial charge is 0.497 e. The van der Waals surface area contributed by atoms with Crippen LogP contribution in [0.3, 0.4) is 0 Å². The van der Waals surface area contributed by atoms with Gasteiger partial charge < -0.3 is 48.5 Å². The zero-order valence-electron chi connectivity index (χ0n) is 50.5. The molecule has 0 saturated carbocycles. The van der Waals surface area contributed by atoms with Crippen LogP contribution in [0.4, 0.5) is 4.79 Å². The Morgan fingerprint density at radius 2 is 1.55 bits per heavy atom. The molecule has 86 heavy (non-hydrogen) atoms. The third kappa shape index (κ3) is 15.4. The quantitative estimate of drug-likeness (QED) is 0.00979. The highest BCUT2D eigenvalue weighted by Crippen LogP contribution is 2.49. The normalized spacial score (nSPS) is 17.4. The molecule has 24 heteroatoms. The van der Waals surface area contributed by atoms with Crippen LogP contribution in [0.5, 0.6) is 11.5 Å². The number of thioether (sulfide) groups is 1. The zero-order valence-corrected chi connectivity index (χ0v) is 52.1. The highest BCUT2D eigenvalue weighted by atomic mass is 35.5. The fourth-order valence-electron chi connectivity index (χ4n) is 10.9. The number of likely N-dealkylation sites (N-methyl/N-ethyl adjacent to an activating group) is 2. The van der Waals surface area contributed by atoms with E-state index < -0.39 is 52.4 Å². The number of rotatable bonds is 29. The molecule has 1 aliphatic carbocycles. The standard InChI is InChI=1S/C62H77ClN8O14S/c1-36(64)14-13-29-86-50-33-51(74)70(57(50)76)25-11-15-42(72)19-20-43(73)16-12-28-83-44-21-17-39(18-22-44)37(2)66-69(8)60(79)62(4,5)59(78)67(6)26-27-68(7)61(80)85-48-32-46-53(54-52(58(77)82-10)38(3)65-55(48)54)41(34-63)35-71(46)56(75)49-31-40-30-45(81-9)23-24-47(40)84-49/h17-18,21-24,30-32,41,46,50,53,64-65H,11-16,19-20,25-29,33-35H2,1-10H3/b64-36?,66-37-. The molecule has 4 aromatic rings. The van der Waals surface area contributed by atoms with Gasteiger partial charge in [-0.25, -0.2) is 14.6 Å². The number of benzene rings is 2. The molecule has 0 spiro atoms. The lowest BCUT2D eigenvalue weighted by molar-refractivity contribution is -0.152. The number of alkyl halides is 1. The van der Waals surface area contributed by atoms with Crippen LogP contribution in [0.15, 0.2) is 64.1 Å². The van der Waals surface area contributed by atoms with E-state index >= 15 is 0 Å². The van der Waals surface area contributed by atoms with Crippen molar-refractivity contribution < 1.29 is 66.5 Å². The fraction of sp³-hybridized carbons (Fsp3) is 0.500. The third-order valence-electron chi connectivity index (χ3n) is 15.7. The molecule has 4 unspecified atom stereocenters. The number of methoxy groups -OCH3 is 2. The average Bonchev–Trinajstić information content (AvgIpc) is 1.60. The van der Waals surface area contributed by atoms with E-state index in [0.717, 1.165) is 11.4 Å². The van der Waals surface area contributed by atoms with Crippen molar-refractivity contribution in [3.63, 3.8) is 0 Å². The first kappa shape index (κ1) is 65.7. The van der Waals surface area contributed by atoms with E-state index in [1.165, 1.54) is 68.6 Å². The second-order valence-corrected chi connectivity index (χ2v) is 24.1. The average molecular weight is 1230 g/mol. The Morgan fingerprint density at radius 1 is 0.872 bits per heavy atom. The zero-order chi connectivity index (χ0) is 62.7. The summed E-state index contributed by atoms with van der Waals surface area (Å²) in [5.41, 5.74) is 2.25. The topological polar surface area (TPSA) is 272 Å². The molecule has 3 aliphatic rings. The minimum absolute atomic E-state index is 0.00894. The summed E-state index contributed by atoms with van der Waals surface area (Å²) in [5.74, 6) is -1.45. The van der Waals surface area contributed by atoms with Gasteiger partial charge >= 0.3 is 12.1 Å². The lowest BCUT2D eigenvalue weighted by Gasteiger charge is -2.32. The van der Waals surface area contributed by atoms with Crippen LogP contribution in [-0.2, 0) is 38.2 Å². The van der Waals surface area contributed by atoms with Crippen LogP contribution in [0.1, 0.15) is 135 Å². The van der Waals surface area contributed by atoms with Gasteiger partial charge in [0.2, 0.25) is 17.7 Å². The molecular weight excluding hydrogens is 1150 g/mol. The van der Waals surface area contributed by atoms with E-state index in [9.17, 15) is 43.2 Å². The van der Waals surface area contributed by atoms with Gasteiger partial charge in [0.15, 0.2) is 11.5 Å². The number of halogens is 1. The summed E-state index contributed by atoms with van der Waals surface area (Å²) >= 11 is 8.04. The SMILES string of the molecule is COC(=O)c1c(C)[nH]c2c1C1C(CCl)CN(C(=O)c3cc4cc(OC)ccc4o3)C1C=C2OC(=O)N(C)CCN(C)C(=O)C(C)(C)C(=O)N(C)/N=C(/C)c1ccc(OCCCC(=O)CCC(=O)CCCN2C(=O)CC(SCCCC(C)=N)C2=O)cc1. The molecule has 2 fully saturated rings. The van der Waals surface area contributed by atoms with E-state index in [-0.39, 0.29) is 117 Å². The number of aromatic nitrogens is 1. The van der Waals surface area contributed by atoms with Crippen molar-refractivity contribution in [3.05, 3.63) is 88.4 Å². The predicted molar refractivity (Wildman–Crippen MR) is 325 cm³/mol. The van der Waals surface area contributed by atoms with Gasteiger partial charge in [0.25, 0.3) is 11.8 Å². The van der Waals surface area contributed by atoms with Gasteiger partial charge in [-0.05, 0) is 132 Å². The molecule has 2 aliphatic heterocycles. The number of hydrogen-bond donors (Lipinski definition) is 2. The van der Waals surface area contributed by atoms with Crippen molar-refractivity contribution >= 4 is 105 Å². The van der Waals surface area contributed by atoms with Crippen LogP contribution in [0.2, 0.25) is 0 Å². The number of imide groups is 1. The number of nitrogens with one attached hydrogen (secondary N) is 2. The van der Waals surface area contributed by atoms with E-state index in [2.05, 4.69) is 10.1 Å². The number of furan rings is 1. The van der Waals surface area contributed by atoms with Gasteiger partial charge in [0.05, 0.1) is 49.1 Å². The number of amides is 6. The summed E-state index contributed by atoms with van der Waals surface area (Å²) < 4.78 is 28.5. The minimum atomic E-state index is -1.57. The Bertz CT molecular complexity index is 3310. The Labute approximate surface area is 509 Å². The van der Waals surface area contributed by atoms with E-state index in [4.69, 9.17) is 40.4 Å². The van der Waals surface area contributed by atoms with Crippen LogP contribution in [0, 0.1) is 23.7 Å². The predicted octanol–water partition coefficient (Wildman–Crippen LogP) is 8.66. The van der Waals surface area contributed by atoms with Crippen molar-refractivity contribution in [1.82, 2.24) is 29.6 Å². The first-order valence-corrected chi connectivity index (χ1v) is 30.2. The number of esters is 1. The van der Waals surface area contributed by atoms with E-state index in [1.54, 1.807) is 87.4 Å². The summed E-state index contributed by atoms with van der Waals surface area (Å²) in [6.45, 7) is 8.80. The molecule has 0 bridgehead atoms. The van der Waals surface area contributed by atoms with Gasteiger partial charge in [-0.1, -0.05) is 0 Å². The number of fused-ring (bicyclic) bond motifs is 4. The summed E-state index contributed by atoms with van der Waals surface area (Å²) in [6, 6.07) is 13.1. The highest BCUT2D eigenvalue weighted by Gasteiger charge is 2.51. The second kappa shape index (κ2) is 29.1. The van der Waals surface area contributed by atoms with Gasteiger partial charge in [-0.3, -0.25) is 38.5 Å². The van der Waals surface area contributed by atoms with Gasteiger partial charge in [-0.2, -0.15) is 5.10 Å². The van der Waals surface area contributed by atoms with Gasteiger partial charge in [0, 0.05) is 114 Å². The molecule has 6 amide bonds. The molecule has 4 atom stereocenters. The Kier molecular flexibility index (Phi) is 22.2. The first-order valence-electron chi connectivity index (χ1n) is 28.6. The molecule has 2 aromatic carbocycles. The number of likely N-dealkylation sites (tertiary alicyclic amines) is 2. The molecule has 2 N–H and O–H groups in total. The molecule has 22 nitrogen and oxygen atoms in total. The van der Waals surface area contributed by atoms with Crippen molar-refractivity contribution in [3.8, 4) is 11.5 Å². The van der Waals surface area contributed by atoms with Crippen molar-refractivity contribution in [2.75, 3.05) is 79.8 Å². The van der Waals surface area contributed by atoms with Crippen molar-refractivity contribution in [2.45, 2.75) is 110 Å². The number of ether oxygens (including phenoxy) is 4. The monoisotopic (exact) mass is 1220 g/mol. The van der Waals surface area contributed by atoms with Crippen molar-refractivity contribution in [2.24, 2.45) is 16.4 Å². The molecule has 4 heterocycles. The van der Waals surface area contributed by atoms with E-state index in [1.807, 2.05) is 0 Å². The van der Waals surface area contributed by atoms with Crippen LogP contribution in [-0.4, -0.2) is 185 Å². The second-order valence-electron chi connectivity index (χ2n) is 22.5. The highest BCUT2D eigenvalue weighted by molar-refractivity contribution is 8.00. The number of aromatic amines is 1. The number of Topliss-reactive ketones (excluding diaryl/α,β-unsaturated/α-hetero) is 2. The number of hydrogen-bond acceptors (Lipinski definition) is 17. The molecule has 2 aromatic heterocycles. The number of nitrogens with zero attached hydrogens (tertiary/aromatic N) is 6. The Balaban J connectivity index is 0.861. The number of ketones is 2. The van der Waals surface area contributed by atoms with Gasteiger partial charge in [0.1, 0.15) is 34.1 Å². The summed E-state index contributed by atoms with van der Waals surface area (Å²) in [5, 5.41) is 13.4. The van der Waals surface area contributed by atoms with Crippen LogP contribution in [0.25, 0.3) is 16.7 Å². The number of carbonyl (C=O) groups is 9. The summed E-state index contributed by atoms with van der Waals surface area (Å²) in [7, 11) is 7.29.